The van der Waals surface area contributed by atoms with Gasteiger partial charge >= 0.3 is 0 Å². The Morgan fingerprint density at radius 1 is 1.40 bits per heavy atom. The highest BCUT2D eigenvalue weighted by Crippen LogP contribution is 2.07. The highest BCUT2D eigenvalue weighted by Gasteiger charge is 1.96. The topological polar surface area (TPSA) is 0 Å². The van der Waals surface area contributed by atoms with Crippen molar-refractivity contribution in [1.29, 1.82) is 0 Å². The monoisotopic (exact) mass is 137 g/mol. The fourth-order valence-corrected chi connectivity index (χ4v) is 0.884. The third-order valence-electron chi connectivity index (χ3n) is 1.38. The molecule has 0 atom stereocenters. The normalized spacial score (nSPS) is 9.80. The molecule has 0 fully saturated rings. The summed E-state index contributed by atoms with van der Waals surface area (Å²) in [5.74, 6) is -0.111. The van der Waals surface area contributed by atoms with Gasteiger partial charge in [-0.05, 0) is 24.5 Å². The van der Waals surface area contributed by atoms with Crippen LogP contribution in [0.3, 0.4) is 0 Å². The van der Waals surface area contributed by atoms with Gasteiger partial charge in [0.2, 0.25) is 0 Å². The summed E-state index contributed by atoms with van der Waals surface area (Å²) in [7, 11) is 0. The number of benzene rings is 1. The fraction of sp³-hybridized carbons (Fsp3) is 0.222. The second kappa shape index (κ2) is 3.35. The molecule has 0 aromatic heterocycles. The van der Waals surface area contributed by atoms with Gasteiger partial charge in [-0.15, -0.1) is 0 Å². The van der Waals surface area contributed by atoms with Crippen molar-refractivity contribution in [3.05, 3.63) is 42.1 Å². The second-order valence-electron chi connectivity index (χ2n) is 2.20. The molecule has 1 rings (SSSR count). The molecule has 0 unspecified atom stereocenters. The first-order chi connectivity index (χ1) is 4.84. The van der Waals surface area contributed by atoms with Crippen molar-refractivity contribution in [3.63, 3.8) is 0 Å². The Labute approximate surface area is 60.7 Å². The molecule has 1 aromatic rings. The first-order valence-electron chi connectivity index (χ1n) is 3.36. The van der Waals surface area contributed by atoms with E-state index in [2.05, 4.69) is 0 Å². The van der Waals surface area contributed by atoms with Gasteiger partial charge in [0.1, 0.15) is 5.82 Å². The minimum atomic E-state index is -0.111. The number of halogens is 1. The van der Waals surface area contributed by atoms with Gasteiger partial charge in [-0.2, -0.15) is 0 Å². The Hall–Kier alpha value is -0.850. The maximum absolute atomic E-state index is 12.8. The van der Waals surface area contributed by atoms with E-state index in [9.17, 15) is 4.39 Å². The third kappa shape index (κ3) is 1.56. The maximum atomic E-state index is 12.8. The van der Waals surface area contributed by atoms with Crippen LogP contribution < -0.4 is 0 Å². The highest BCUT2D eigenvalue weighted by molar-refractivity contribution is 5.18. The minimum absolute atomic E-state index is 0.111. The molecular weight excluding hydrogens is 127 g/mol. The largest absolute Gasteiger partial charge is 0.207 e. The van der Waals surface area contributed by atoms with Crippen molar-refractivity contribution in [3.8, 4) is 0 Å². The third-order valence-corrected chi connectivity index (χ3v) is 1.38. The van der Waals surface area contributed by atoms with Gasteiger partial charge in [0, 0.05) is 0 Å². The van der Waals surface area contributed by atoms with Crippen LogP contribution in [0.4, 0.5) is 4.39 Å². The average molecular weight is 137 g/mol. The van der Waals surface area contributed by atoms with Gasteiger partial charge < -0.3 is 0 Å². The molecule has 0 aliphatic rings. The van der Waals surface area contributed by atoms with E-state index < -0.39 is 0 Å². The fourth-order valence-electron chi connectivity index (χ4n) is 0.884. The van der Waals surface area contributed by atoms with Crippen LogP contribution in [0.2, 0.25) is 0 Å². The van der Waals surface area contributed by atoms with Crippen LogP contribution in [0, 0.1) is 12.2 Å². The van der Waals surface area contributed by atoms with Crippen LogP contribution in [-0.4, -0.2) is 0 Å². The molecule has 0 nitrogen and oxygen atoms in total. The molecule has 0 bridgehead atoms. The number of rotatable bonds is 2. The number of hydrogen-bond acceptors (Lipinski definition) is 0. The van der Waals surface area contributed by atoms with Crippen molar-refractivity contribution in [2.75, 3.05) is 0 Å². The second-order valence-corrected chi connectivity index (χ2v) is 2.20. The molecule has 0 amide bonds. The standard InChI is InChI=1S/C9H10F/c1-2-5-8-6-3-4-7-9(8)10/h2-4,6-7H,5H2,1H3. The van der Waals surface area contributed by atoms with E-state index in [0.29, 0.717) is 6.42 Å². The van der Waals surface area contributed by atoms with Crippen molar-refractivity contribution in [2.45, 2.75) is 13.3 Å². The van der Waals surface area contributed by atoms with Crippen molar-refractivity contribution in [1.82, 2.24) is 0 Å². The molecule has 0 spiro atoms. The van der Waals surface area contributed by atoms with Crippen LogP contribution in [0.1, 0.15) is 12.5 Å². The SMILES string of the molecule is C[CH]Cc1ccccc1F. The van der Waals surface area contributed by atoms with Crippen LogP contribution in [0.15, 0.2) is 24.3 Å². The Kier molecular flexibility index (Phi) is 2.43. The summed E-state index contributed by atoms with van der Waals surface area (Å²) in [5, 5.41) is 0. The molecule has 0 aliphatic heterocycles. The van der Waals surface area contributed by atoms with Crippen LogP contribution in [0.25, 0.3) is 0 Å². The molecule has 53 valence electrons. The summed E-state index contributed by atoms with van der Waals surface area (Å²) in [5.41, 5.74) is 0.769. The molecule has 1 aromatic carbocycles. The van der Waals surface area contributed by atoms with Crippen LogP contribution >= 0.6 is 0 Å². The van der Waals surface area contributed by atoms with Crippen LogP contribution in [0.5, 0.6) is 0 Å². The molecule has 0 heterocycles. The van der Waals surface area contributed by atoms with E-state index in [4.69, 9.17) is 0 Å². The molecule has 1 heteroatoms. The quantitative estimate of drug-likeness (QED) is 0.587. The summed E-state index contributed by atoms with van der Waals surface area (Å²) < 4.78 is 12.8. The van der Waals surface area contributed by atoms with Crippen molar-refractivity contribution >= 4 is 0 Å². The lowest BCUT2D eigenvalue weighted by atomic mass is 10.1. The summed E-state index contributed by atoms with van der Waals surface area (Å²) >= 11 is 0. The predicted octanol–water partition coefficient (Wildman–Crippen LogP) is 2.59. The summed E-state index contributed by atoms with van der Waals surface area (Å²) in [6.07, 6.45) is 2.66. The first kappa shape index (κ1) is 7.26. The smallest absolute Gasteiger partial charge is 0.126 e. The Balaban J connectivity index is 2.81. The minimum Gasteiger partial charge on any atom is -0.207 e. The van der Waals surface area contributed by atoms with Gasteiger partial charge in [0.15, 0.2) is 0 Å². The van der Waals surface area contributed by atoms with E-state index in [0.717, 1.165) is 5.56 Å². The van der Waals surface area contributed by atoms with Crippen LogP contribution in [-0.2, 0) is 6.42 Å². The van der Waals surface area contributed by atoms with Gasteiger partial charge in [0.25, 0.3) is 0 Å². The molecule has 0 saturated heterocycles. The Bertz CT molecular complexity index is 206. The zero-order valence-electron chi connectivity index (χ0n) is 5.97. The zero-order valence-corrected chi connectivity index (χ0v) is 5.97. The molecular formula is C9H10F. The van der Waals surface area contributed by atoms with E-state index in [1.54, 1.807) is 12.1 Å². The Morgan fingerprint density at radius 2 is 2.10 bits per heavy atom. The van der Waals surface area contributed by atoms with Crippen molar-refractivity contribution < 1.29 is 4.39 Å². The van der Waals surface area contributed by atoms with Gasteiger partial charge in [0.05, 0.1) is 0 Å². The van der Waals surface area contributed by atoms with Gasteiger partial charge in [-0.3, -0.25) is 0 Å². The lowest BCUT2D eigenvalue weighted by Crippen LogP contribution is -1.87. The molecule has 0 N–H and O–H groups in total. The summed E-state index contributed by atoms with van der Waals surface area (Å²) in [6, 6.07) is 6.84. The van der Waals surface area contributed by atoms with Gasteiger partial charge in [-0.1, -0.05) is 25.1 Å². The predicted molar refractivity (Wildman–Crippen MR) is 40.1 cm³/mol. The molecule has 10 heavy (non-hydrogen) atoms. The average Bonchev–Trinajstić information content (AvgIpc) is 1.94. The lowest BCUT2D eigenvalue weighted by Gasteiger charge is -1.97. The highest BCUT2D eigenvalue weighted by atomic mass is 19.1. The van der Waals surface area contributed by atoms with E-state index in [-0.39, 0.29) is 5.82 Å². The maximum Gasteiger partial charge on any atom is 0.126 e. The van der Waals surface area contributed by atoms with E-state index in [1.807, 2.05) is 19.4 Å². The number of hydrogen-bond donors (Lipinski definition) is 0. The summed E-state index contributed by atoms with van der Waals surface area (Å²) in [4.78, 5) is 0. The molecule has 1 radical (unpaired) electrons. The first-order valence-corrected chi connectivity index (χ1v) is 3.36. The molecule has 0 aliphatic carbocycles. The van der Waals surface area contributed by atoms with Gasteiger partial charge in [-0.25, -0.2) is 4.39 Å². The van der Waals surface area contributed by atoms with E-state index >= 15 is 0 Å². The van der Waals surface area contributed by atoms with Crippen molar-refractivity contribution in [2.24, 2.45) is 0 Å². The molecule has 0 saturated carbocycles. The van der Waals surface area contributed by atoms with E-state index in [1.165, 1.54) is 6.07 Å². The zero-order chi connectivity index (χ0) is 7.40. The Morgan fingerprint density at radius 3 is 2.70 bits per heavy atom. The lowest BCUT2D eigenvalue weighted by molar-refractivity contribution is 0.613. The summed E-state index contributed by atoms with van der Waals surface area (Å²) in [6.45, 7) is 1.92.